The predicted octanol–water partition coefficient (Wildman–Crippen LogP) is 2.89. The summed E-state index contributed by atoms with van der Waals surface area (Å²) in [4.78, 5) is 19.1. The fourth-order valence-electron chi connectivity index (χ4n) is 4.03. The molecule has 160 valence electrons. The zero-order valence-corrected chi connectivity index (χ0v) is 18.7. The van der Waals surface area contributed by atoms with Gasteiger partial charge >= 0.3 is 0 Å². The molecule has 2 heterocycles. The van der Waals surface area contributed by atoms with Crippen LogP contribution in [0.4, 0.5) is 5.82 Å². The lowest BCUT2D eigenvalue weighted by Crippen LogP contribution is -2.54. The maximum atomic E-state index is 12.3. The maximum Gasteiger partial charge on any atom is 0.235 e. The van der Waals surface area contributed by atoms with Gasteiger partial charge < -0.3 is 16.0 Å². The smallest absolute Gasteiger partial charge is 0.235 e. The van der Waals surface area contributed by atoms with Crippen molar-refractivity contribution in [3.8, 4) is 12.1 Å². The summed E-state index contributed by atoms with van der Waals surface area (Å²) in [6.45, 7) is 7.49. The summed E-state index contributed by atoms with van der Waals surface area (Å²) in [5, 5.41) is 23.1. The molecule has 1 saturated heterocycles. The largest absolute Gasteiger partial charge is 0.368 e. The summed E-state index contributed by atoms with van der Waals surface area (Å²) in [5.74, 6) is 0.0626. The number of aromatic nitrogens is 1. The van der Waals surface area contributed by atoms with E-state index < -0.39 is 11.2 Å². The quantitative estimate of drug-likeness (QED) is 0.671. The van der Waals surface area contributed by atoms with E-state index in [9.17, 15) is 15.3 Å². The molecule has 0 saturated carbocycles. The first-order chi connectivity index (χ1) is 14.9. The third-order valence-electron chi connectivity index (χ3n) is 5.27. The van der Waals surface area contributed by atoms with Crippen molar-refractivity contribution in [1.82, 2.24) is 10.3 Å². The minimum absolute atomic E-state index is 0.233. The van der Waals surface area contributed by atoms with Crippen molar-refractivity contribution < 1.29 is 4.79 Å². The Balaban J connectivity index is 2.14. The van der Waals surface area contributed by atoms with Gasteiger partial charge in [-0.3, -0.25) is 4.79 Å². The van der Waals surface area contributed by atoms with Crippen LogP contribution in [0.25, 0.3) is 0 Å². The van der Waals surface area contributed by atoms with Crippen LogP contribution in [0.5, 0.6) is 0 Å². The lowest BCUT2D eigenvalue weighted by Gasteiger charge is -2.37. The number of nitriles is 2. The number of nitrogens with zero attached hydrogens (tertiary/aromatic N) is 4. The van der Waals surface area contributed by atoms with Gasteiger partial charge in [0.2, 0.25) is 5.91 Å². The van der Waals surface area contributed by atoms with Crippen LogP contribution in [-0.2, 0) is 11.2 Å². The summed E-state index contributed by atoms with van der Waals surface area (Å²) in [6.07, 6.45) is 0.513. The summed E-state index contributed by atoms with van der Waals surface area (Å²) in [5.41, 5.74) is 7.89. The van der Waals surface area contributed by atoms with Crippen LogP contribution in [0.15, 0.2) is 35.4 Å². The van der Waals surface area contributed by atoms with E-state index in [1.165, 1.54) is 11.8 Å². The van der Waals surface area contributed by atoms with Gasteiger partial charge in [0.15, 0.2) is 0 Å². The van der Waals surface area contributed by atoms with Gasteiger partial charge in [0.1, 0.15) is 28.2 Å². The highest BCUT2D eigenvalue weighted by molar-refractivity contribution is 8.00. The number of nitrogens with one attached hydrogen (secondary N) is 1. The second kappa shape index (κ2) is 9.82. The molecule has 1 aromatic heterocycles. The van der Waals surface area contributed by atoms with Gasteiger partial charge in [0.05, 0.1) is 11.1 Å². The lowest BCUT2D eigenvalue weighted by atomic mass is 10.0. The van der Waals surface area contributed by atoms with Gasteiger partial charge in [0, 0.05) is 25.2 Å². The summed E-state index contributed by atoms with van der Waals surface area (Å²) < 4.78 is 0. The van der Waals surface area contributed by atoms with Crippen molar-refractivity contribution in [2.24, 2.45) is 5.73 Å². The second-order valence-corrected chi connectivity index (χ2v) is 8.82. The Morgan fingerprint density at radius 1 is 1.23 bits per heavy atom. The average Bonchev–Trinajstić information content (AvgIpc) is 2.75. The molecule has 0 bridgehead atoms. The molecule has 1 fully saturated rings. The molecule has 0 spiro atoms. The molecule has 1 aliphatic rings. The number of amides is 1. The van der Waals surface area contributed by atoms with E-state index in [2.05, 4.69) is 36.2 Å². The molecule has 2 aromatic rings. The topological polar surface area (TPSA) is 119 Å². The van der Waals surface area contributed by atoms with E-state index >= 15 is 0 Å². The number of rotatable bonds is 6. The highest BCUT2D eigenvalue weighted by Crippen LogP contribution is 2.39. The zero-order chi connectivity index (χ0) is 22.5. The SMILES string of the molecule is CCc1c(C#N)c(SC(C(N)=O)c2ccccc2)nc(N2C[C@@H](C)N[C@@H](C)C2)c1C#N. The van der Waals surface area contributed by atoms with E-state index in [0.717, 1.165) is 5.56 Å². The molecule has 3 N–H and O–H groups in total. The Morgan fingerprint density at radius 3 is 2.35 bits per heavy atom. The first-order valence-corrected chi connectivity index (χ1v) is 11.2. The number of anilines is 1. The predicted molar refractivity (Wildman–Crippen MR) is 122 cm³/mol. The number of primary amides is 1. The number of hydrogen-bond acceptors (Lipinski definition) is 7. The Labute approximate surface area is 187 Å². The average molecular weight is 435 g/mol. The Bertz CT molecular complexity index is 1030. The molecule has 8 heteroatoms. The fourth-order valence-corrected chi connectivity index (χ4v) is 5.09. The van der Waals surface area contributed by atoms with Crippen molar-refractivity contribution in [1.29, 1.82) is 10.5 Å². The van der Waals surface area contributed by atoms with E-state index in [4.69, 9.17) is 10.7 Å². The van der Waals surface area contributed by atoms with Crippen LogP contribution in [0.3, 0.4) is 0 Å². The van der Waals surface area contributed by atoms with Gasteiger partial charge in [0.25, 0.3) is 0 Å². The number of thioether (sulfide) groups is 1. The first kappa shape index (κ1) is 22.6. The molecule has 1 aliphatic heterocycles. The Morgan fingerprint density at radius 2 is 1.84 bits per heavy atom. The molecule has 0 radical (unpaired) electrons. The van der Waals surface area contributed by atoms with Crippen molar-refractivity contribution in [3.05, 3.63) is 52.6 Å². The molecule has 1 amide bonds. The monoisotopic (exact) mass is 434 g/mol. The first-order valence-electron chi connectivity index (χ1n) is 10.3. The van der Waals surface area contributed by atoms with E-state index in [-0.39, 0.29) is 12.1 Å². The molecule has 3 atom stereocenters. The minimum atomic E-state index is -0.688. The third-order valence-corrected chi connectivity index (χ3v) is 6.53. The van der Waals surface area contributed by atoms with Crippen molar-refractivity contribution >= 4 is 23.5 Å². The Kier molecular flexibility index (Phi) is 7.17. The molecule has 0 aliphatic carbocycles. The van der Waals surface area contributed by atoms with Gasteiger partial charge in [-0.25, -0.2) is 4.98 Å². The maximum absolute atomic E-state index is 12.3. The molecule has 1 unspecified atom stereocenters. The highest BCUT2D eigenvalue weighted by Gasteiger charge is 2.29. The molecule has 7 nitrogen and oxygen atoms in total. The van der Waals surface area contributed by atoms with E-state index in [1.807, 2.05) is 37.3 Å². The van der Waals surface area contributed by atoms with Crippen LogP contribution in [-0.4, -0.2) is 36.1 Å². The van der Waals surface area contributed by atoms with Crippen molar-refractivity contribution in [2.75, 3.05) is 18.0 Å². The summed E-state index contributed by atoms with van der Waals surface area (Å²) in [6, 6.07) is 14.2. The number of benzene rings is 1. The fraction of sp³-hybridized carbons (Fsp3) is 0.391. The number of piperazine rings is 1. The zero-order valence-electron chi connectivity index (χ0n) is 17.9. The van der Waals surface area contributed by atoms with Crippen LogP contribution in [0.1, 0.15) is 48.3 Å². The van der Waals surface area contributed by atoms with Crippen molar-refractivity contribution in [3.63, 3.8) is 0 Å². The number of carbonyl (C=O) groups excluding carboxylic acids is 1. The standard InChI is InChI=1S/C23H26N6OS/c1-4-17-18(10-24)22(29-12-14(2)27-15(3)13-29)28-23(19(17)11-25)31-20(21(26)30)16-8-6-5-7-9-16/h5-9,14-15,20,27H,4,12-13H2,1-3H3,(H2,26,30)/t14-,15+,20?. The van der Waals surface area contributed by atoms with Gasteiger partial charge in [-0.2, -0.15) is 10.5 Å². The Hall–Kier alpha value is -3.07. The van der Waals surface area contributed by atoms with Crippen LogP contribution < -0.4 is 16.0 Å². The van der Waals surface area contributed by atoms with Gasteiger partial charge in [-0.05, 0) is 31.4 Å². The van der Waals surface area contributed by atoms with E-state index in [1.54, 1.807) is 0 Å². The van der Waals surface area contributed by atoms with Crippen LogP contribution >= 0.6 is 11.8 Å². The summed E-state index contributed by atoms with van der Waals surface area (Å²) >= 11 is 1.17. The molecular formula is C23H26N6OS. The van der Waals surface area contributed by atoms with Gasteiger partial charge in [-0.15, -0.1) is 0 Å². The highest BCUT2D eigenvalue weighted by atomic mass is 32.2. The molecule has 3 rings (SSSR count). The third kappa shape index (κ3) is 4.82. The summed E-state index contributed by atoms with van der Waals surface area (Å²) in [7, 11) is 0. The second-order valence-electron chi connectivity index (χ2n) is 7.73. The minimum Gasteiger partial charge on any atom is -0.368 e. The number of carbonyl (C=O) groups is 1. The number of nitrogens with two attached hydrogens (primary N) is 1. The molecule has 31 heavy (non-hydrogen) atoms. The number of pyridine rings is 1. The van der Waals surface area contributed by atoms with E-state index in [0.29, 0.717) is 47.0 Å². The van der Waals surface area contributed by atoms with Gasteiger partial charge in [-0.1, -0.05) is 49.0 Å². The molecule has 1 aromatic carbocycles. The van der Waals surface area contributed by atoms with Crippen LogP contribution in [0.2, 0.25) is 0 Å². The van der Waals surface area contributed by atoms with Crippen LogP contribution in [0, 0.1) is 22.7 Å². The molecular weight excluding hydrogens is 408 g/mol. The normalized spacial score (nSPS) is 19.3. The number of hydrogen-bond donors (Lipinski definition) is 2. The van der Waals surface area contributed by atoms with Crippen molar-refractivity contribution in [2.45, 2.75) is 49.6 Å². The lowest BCUT2D eigenvalue weighted by molar-refractivity contribution is -0.117.